The molecule has 2 aromatic rings. The molecule has 1 atom stereocenters. The van der Waals surface area contributed by atoms with E-state index in [0.29, 0.717) is 12.6 Å². The van der Waals surface area contributed by atoms with Crippen molar-refractivity contribution in [1.82, 2.24) is 19.6 Å². The molecule has 1 aromatic heterocycles. The van der Waals surface area contributed by atoms with Crippen molar-refractivity contribution >= 4 is 11.7 Å². The summed E-state index contributed by atoms with van der Waals surface area (Å²) in [7, 11) is 0. The molecule has 0 saturated carbocycles. The van der Waals surface area contributed by atoms with Crippen molar-refractivity contribution in [3.63, 3.8) is 0 Å². The van der Waals surface area contributed by atoms with Gasteiger partial charge in [-0.3, -0.25) is 9.58 Å². The highest BCUT2D eigenvalue weighted by molar-refractivity contribution is 5.89. The second-order valence-corrected chi connectivity index (χ2v) is 7.32. The smallest absolute Gasteiger partial charge is 0.321 e. The highest BCUT2D eigenvalue weighted by Crippen LogP contribution is 2.21. The van der Waals surface area contributed by atoms with Gasteiger partial charge in [-0.05, 0) is 62.5 Å². The molecule has 0 radical (unpaired) electrons. The van der Waals surface area contributed by atoms with Crippen LogP contribution in [0.4, 0.5) is 10.5 Å². The van der Waals surface area contributed by atoms with Crippen molar-refractivity contribution in [1.29, 1.82) is 0 Å². The lowest BCUT2D eigenvalue weighted by atomic mass is 10.0. The standard InChI is InChI=1S/C20H27N5O/c26-20(24-12-4-8-19(16-24)23-10-1-2-11-23)22-18-7-3-6-17(14-18)15-25-13-5-9-21-25/h3,5-7,9,13-14,19H,1-2,4,8,10-12,15-16H2,(H,22,26)/t19-/m0/s1. The summed E-state index contributed by atoms with van der Waals surface area (Å²) >= 11 is 0. The third-order valence-corrected chi connectivity index (χ3v) is 5.42. The number of benzene rings is 1. The van der Waals surface area contributed by atoms with Crippen molar-refractivity contribution in [2.75, 3.05) is 31.5 Å². The van der Waals surface area contributed by atoms with Crippen molar-refractivity contribution in [2.45, 2.75) is 38.3 Å². The average Bonchev–Trinajstić information content (AvgIpc) is 3.36. The van der Waals surface area contributed by atoms with Crippen LogP contribution in [0, 0.1) is 0 Å². The molecule has 0 aliphatic carbocycles. The van der Waals surface area contributed by atoms with Crippen LogP contribution in [0.1, 0.15) is 31.2 Å². The number of hydrogen-bond donors (Lipinski definition) is 1. The molecule has 2 fully saturated rings. The number of nitrogens with zero attached hydrogens (tertiary/aromatic N) is 4. The number of piperidine rings is 1. The maximum atomic E-state index is 12.7. The zero-order valence-electron chi connectivity index (χ0n) is 15.2. The first-order valence-electron chi connectivity index (χ1n) is 9.64. The van der Waals surface area contributed by atoms with E-state index in [4.69, 9.17) is 0 Å². The van der Waals surface area contributed by atoms with Gasteiger partial charge in [0.25, 0.3) is 0 Å². The zero-order chi connectivity index (χ0) is 17.8. The van der Waals surface area contributed by atoms with Crippen LogP contribution in [-0.4, -0.2) is 57.8 Å². The van der Waals surface area contributed by atoms with E-state index in [1.165, 1.54) is 32.4 Å². The van der Waals surface area contributed by atoms with E-state index >= 15 is 0 Å². The predicted molar refractivity (Wildman–Crippen MR) is 102 cm³/mol. The van der Waals surface area contributed by atoms with Gasteiger partial charge in [-0.15, -0.1) is 0 Å². The molecule has 2 saturated heterocycles. The number of amides is 2. The van der Waals surface area contributed by atoms with E-state index in [9.17, 15) is 4.79 Å². The molecule has 26 heavy (non-hydrogen) atoms. The van der Waals surface area contributed by atoms with Gasteiger partial charge in [0.1, 0.15) is 0 Å². The Bertz CT molecular complexity index is 724. The SMILES string of the molecule is O=C(Nc1cccc(Cn2cccn2)c1)N1CCC[C@H](N2CCCC2)C1. The number of hydrogen-bond acceptors (Lipinski definition) is 3. The highest BCUT2D eigenvalue weighted by Gasteiger charge is 2.29. The van der Waals surface area contributed by atoms with E-state index in [0.717, 1.165) is 30.8 Å². The zero-order valence-corrected chi connectivity index (χ0v) is 15.2. The molecule has 0 bridgehead atoms. The Balaban J connectivity index is 1.36. The van der Waals surface area contributed by atoms with E-state index in [-0.39, 0.29) is 6.03 Å². The third-order valence-electron chi connectivity index (χ3n) is 5.42. The molecule has 138 valence electrons. The number of rotatable bonds is 4. The van der Waals surface area contributed by atoms with E-state index in [1.807, 2.05) is 40.0 Å². The second-order valence-electron chi connectivity index (χ2n) is 7.32. The van der Waals surface area contributed by atoms with Crippen LogP contribution >= 0.6 is 0 Å². The Morgan fingerprint density at radius 2 is 2.04 bits per heavy atom. The van der Waals surface area contributed by atoms with Gasteiger partial charge in [0.15, 0.2) is 0 Å². The minimum absolute atomic E-state index is 0.0186. The van der Waals surface area contributed by atoms with Crippen molar-refractivity contribution < 1.29 is 4.79 Å². The second kappa shape index (κ2) is 7.91. The molecule has 6 nitrogen and oxygen atoms in total. The lowest BCUT2D eigenvalue weighted by Gasteiger charge is -2.37. The van der Waals surface area contributed by atoms with E-state index in [1.54, 1.807) is 6.20 Å². The largest absolute Gasteiger partial charge is 0.323 e. The number of nitrogens with one attached hydrogen (secondary N) is 1. The minimum Gasteiger partial charge on any atom is -0.323 e. The molecule has 0 spiro atoms. The highest BCUT2D eigenvalue weighted by atomic mass is 16.2. The van der Waals surface area contributed by atoms with Crippen molar-refractivity contribution in [3.8, 4) is 0 Å². The van der Waals surface area contributed by atoms with Crippen LogP contribution in [0.15, 0.2) is 42.7 Å². The maximum Gasteiger partial charge on any atom is 0.321 e. The van der Waals surface area contributed by atoms with Crippen LogP contribution in [0.3, 0.4) is 0 Å². The predicted octanol–water partition coefficient (Wildman–Crippen LogP) is 3.02. The van der Waals surface area contributed by atoms with E-state index < -0.39 is 0 Å². The van der Waals surface area contributed by atoms with Gasteiger partial charge >= 0.3 is 6.03 Å². The fourth-order valence-electron chi connectivity index (χ4n) is 4.07. The van der Waals surface area contributed by atoms with Gasteiger partial charge in [0, 0.05) is 37.2 Å². The Labute approximate surface area is 154 Å². The molecule has 2 aliphatic heterocycles. The number of carbonyl (C=O) groups excluding carboxylic acids is 1. The van der Waals surface area contributed by atoms with Crippen LogP contribution in [-0.2, 0) is 6.54 Å². The molecule has 0 unspecified atom stereocenters. The molecule has 3 heterocycles. The first-order valence-corrected chi connectivity index (χ1v) is 9.64. The molecule has 1 N–H and O–H groups in total. The van der Waals surface area contributed by atoms with Crippen LogP contribution in [0.25, 0.3) is 0 Å². The Hall–Kier alpha value is -2.34. The molecule has 1 aromatic carbocycles. The quantitative estimate of drug-likeness (QED) is 0.919. The summed E-state index contributed by atoms with van der Waals surface area (Å²) in [6.07, 6.45) is 8.62. The summed E-state index contributed by atoms with van der Waals surface area (Å²) in [5, 5.41) is 7.32. The fourth-order valence-corrected chi connectivity index (χ4v) is 4.07. The average molecular weight is 353 g/mol. The summed E-state index contributed by atoms with van der Waals surface area (Å²) in [5.74, 6) is 0. The topological polar surface area (TPSA) is 53.4 Å². The van der Waals surface area contributed by atoms with Gasteiger partial charge in [-0.2, -0.15) is 5.10 Å². The summed E-state index contributed by atoms with van der Waals surface area (Å²) in [5.41, 5.74) is 1.98. The fraction of sp³-hybridized carbons (Fsp3) is 0.500. The lowest BCUT2D eigenvalue weighted by Crippen LogP contribution is -2.50. The summed E-state index contributed by atoms with van der Waals surface area (Å²) in [6.45, 7) is 4.78. The molecule has 2 amide bonds. The molecular weight excluding hydrogens is 326 g/mol. The van der Waals surface area contributed by atoms with Crippen LogP contribution in [0.2, 0.25) is 0 Å². The molecule has 4 rings (SSSR count). The number of carbonyl (C=O) groups is 1. The minimum atomic E-state index is 0.0186. The van der Waals surface area contributed by atoms with Crippen LogP contribution < -0.4 is 5.32 Å². The number of likely N-dealkylation sites (tertiary alicyclic amines) is 2. The summed E-state index contributed by atoms with van der Waals surface area (Å²) in [4.78, 5) is 17.3. The first-order chi connectivity index (χ1) is 12.8. The number of aromatic nitrogens is 2. The van der Waals surface area contributed by atoms with Crippen molar-refractivity contribution in [3.05, 3.63) is 48.3 Å². The van der Waals surface area contributed by atoms with E-state index in [2.05, 4.69) is 21.4 Å². The van der Waals surface area contributed by atoms with Gasteiger partial charge < -0.3 is 10.2 Å². The van der Waals surface area contributed by atoms with Crippen LogP contribution in [0.5, 0.6) is 0 Å². The molecule has 2 aliphatic rings. The van der Waals surface area contributed by atoms with Crippen molar-refractivity contribution in [2.24, 2.45) is 0 Å². The maximum absolute atomic E-state index is 12.7. The first kappa shape index (κ1) is 17.1. The molecule has 6 heteroatoms. The Morgan fingerprint density at radius 1 is 1.15 bits per heavy atom. The summed E-state index contributed by atoms with van der Waals surface area (Å²) in [6, 6.07) is 10.5. The summed E-state index contributed by atoms with van der Waals surface area (Å²) < 4.78 is 1.88. The van der Waals surface area contributed by atoms with Gasteiger partial charge in [0.2, 0.25) is 0 Å². The molecular formula is C20H27N5O. The lowest BCUT2D eigenvalue weighted by molar-refractivity contribution is 0.132. The normalized spacial score (nSPS) is 21.1. The number of anilines is 1. The van der Waals surface area contributed by atoms with Gasteiger partial charge in [-0.25, -0.2) is 4.79 Å². The third kappa shape index (κ3) is 4.07. The monoisotopic (exact) mass is 353 g/mol. The number of urea groups is 1. The van der Waals surface area contributed by atoms with Gasteiger partial charge in [0.05, 0.1) is 6.54 Å². The van der Waals surface area contributed by atoms with Gasteiger partial charge in [-0.1, -0.05) is 12.1 Å². The Morgan fingerprint density at radius 3 is 2.85 bits per heavy atom. The Kier molecular flexibility index (Phi) is 5.20.